The fourth-order valence-electron chi connectivity index (χ4n) is 3.47. The fraction of sp³-hybridized carbons (Fsp3) is 0.250. The minimum atomic E-state index is -0.528. The van der Waals surface area contributed by atoms with Crippen molar-refractivity contribution in [2.24, 2.45) is 5.73 Å². The molecule has 0 fully saturated rings. The molecular weight excluding hydrogens is 379 g/mol. The molecule has 0 unspecified atom stereocenters. The molecule has 0 bridgehead atoms. The number of rotatable bonds is 4. The summed E-state index contributed by atoms with van der Waals surface area (Å²) in [6, 6.07) is 7.48. The highest BCUT2D eigenvalue weighted by molar-refractivity contribution is 7.17. The monoisotopic (exact) mass is 398 g/mol. The van der Waals surface area contributed by atoms with E-state index in [1.54, 1.807) is 24.4 Å². The molecule has 0 aliphatic heterocycles. The second-order valence-electron chi connectivity index (χ2n) is 6.71. The van der Waals surface area contributed by atoms with E-state index in [4.69, 9.17) is 5.73 Å². The highest BCUT2D eigenvalue weighted by atomic mass is 32.1. The zero-order valence-corrected chi connectivity index (χ0v) is 15.9. The summed E-state index contributed by atoms with van der Waals surface area (Å²) >= 11 is 1.41. The maximum atomic E-state index is 13.4. The Morgan fingerprint density at radius 1 is 1.18 bits per heavy atom. The van der Waals surface area contributed by atoms with Gasteiger partial charge in [-0.2, -0.15) is 5.10 Å². The van der Waals surface area contributed by atoms with Crippen molar-refractivity contribution in [3.63, 3.8) is 0 Å². The van der Waals surface area contributed by atoms with Crippen molar-refractivity contribution in [1.29, 1.82) is 0 Å². The lowest BCUT2D eigenvalue weighted by atomic mass is 10.1. The van der Waals surface area contributed by atoms with E-state index in [9.17, 15) is 14.0 Å². The quantitative estimate of drug-likeness (QED) is 0.657. The normalized spacial score (nSPS) is 13.6. The minimum absolute atomic E-state index is 0.170. The van der Waals surface area contributed by atoms with Crippen LogP contribution in [0.15, 0.2) is 36.5 Å². The number of benzene rings is 1. The van der Waals surface area contributed by atoms with Crippen LogP contribution in [-0.4, -0.2) is 21.6 Å². The molecule has 4 rings (SSSR count). The molecule has 3 N–H and O–H groups in total. The Kier molecular flexibility index (Phi) is 4.95. The lowest BCUT2D eigenvalue weighted by Gasteiger charge is -2.05. The van der Waals surface area contributed by atoms with E-state index in [-0.39, 0.29) is 11.5 Å². The molecule has 0 saturated heterocycles. The summed E-state index contributed by atoms with van der Waals surface area (Å²) in [6.45, 7) is 0. The van der Waals surface area contributed by atoms with Crippen LogP contribution in [0.1, 0.15) is 50.5 Å². The van der Waals surface area contributed by atoms with Crippen LogP contribution in [0.3, 0.4) is 0 Å². The number of primary amides is 1. The van der Waals surface area contributed by atoms with Gasteiger partial charge >= 0.3 is 0 Å². The Morgan fingerprint density at radius 2 is 2.00 bits per heavy atom. The SMILES string of the molecule is NC(=O)c1c(NC(=O)c2ccn(-c3cccc(F)c3)n2)sc2c1CCCCC2. The van der Waals surface area contributed by atoms with Crippen LogP contribution in [0.4, 0.5) is 9.39 Å². The van der Waals surface area contributed by atoms with Gasteiger partial charge in [-0.1, -0.05) is 12.5 Å². The fourth-order valence-corrected chi connectivity index (χ4v) is 4.76. The molecule has 1 aliphatic rings. The molecule has 0 saturated carbocycles. The molecule has 2 amide bonds. The highest BCUT2D eigenvalue weighted by Gasteiger charge is 2.25. The van der Waals surface area contributed by atoms with E-state index in [0.29, 0.717) is 16.3 Å². The first-order valence-corrected chi connectivity index (χ1v) is 9.92. The number of hydrogen-bond donors (Lipinski definition) is 2. The van der Waals surface area contributed by atoms with Gasteiger partial charge in [0.15, 0.2) is 5.69 Å². The van der Waals surface area contributed by atoms with E-state index in [1.165, 1.54) is 28.2 Å². The first-order chi connectivity index (χ1) is 13.5. The summed E-state index contributed by atoms with van der Waals surface area (Å²) in [5.41, 5.74) is 7.67. The molecule has 28 heavy (non-hydrogen) atoms. The van der Waals surface area contributed by atoms with Gasteiger partial charge in [0.1, 0.15) is 10.8 Å². The van der Waals surface area contributed by atoms with Crippen molar-refractivity contribution in [3.05, 3.63) is 64.0 Å². The number of fused-ring (bicyclic) bond motifs is 1. The van der Waals surface area contributed by atoms with Crippen molar-refractivity contribution in [3.8, 4) is 5.69 Å². The average molecular weight is 398 g/mol. The highest BCUT2D eigenvalue weighted by Crippen LogP contribution is 2.37. The summed E-state index contributed by atoms with van der Waals surface area (Å²) in [6.07, 6.45) is 6.48. The van der Waals surface area contributed by atoms with E-state index in [1.807, 2.05) is 0 Å². The lowest BCUT2D eigenvalue weighted by molar-refractivity contribution is 0.100. The van der Waals surface area contributed by atoms with Crippen LogP contribution in [0, 0.1) is 5.82 Å². The van der Waals surface area contributed by atoms with Crippen molar-refractivity contribution in [2.45, 2.75) is 32.1 Å². The van der Waals surface area contributed by atoms with Crippen molar-refractivity contribution in [1.82, 2.24) is 9.78 Å². The Balaban J connectivity index is 1.60. The molecule has 3 aromatic rings. The van der Waals surface area contributed by atoms with Crippen LogP contribution >= 0.6 is 11.3 Å². The third kappa shape index (κ3) is 3.55. The summed E-state index contributed by atoms with van der Waals surface area (Å²) < 4.78 is 14.8. The molecule has 1 aromatic carbocycles. The smallest absolute Gasteiger partial charge is 0.276 e. The number of nitrogens with one attached hydrogen (secondary N) is 1. The Hall–Kier alpha value is -3.00. The largest absolute Gasteiger partial charge is 0.365 e. The molecule has 1 aliphatic carbocycles. The van der Waals surface area contributed by atoms with Crippen LogP contribution < -0.4 is 11.1 Å². The molecular formula is C20H19FN4O2S. The van der Waals surface area contributed by atoms with Crippen molar-refractivity contribution >= 4 is 28.2 Å². The Bertz CT molecular complexity index is 1060. The molecule has 0 radical (unpaired) electrons. The second-order valence-corrected chi connectivity index (χ2v) is 7.82. The third-order valence-corrected chi connectivity index (χ3v) is 6.00. The zero-order chi connectivity index (χ0) is 19.7. The lowest BCUT2D eigenvalue weighted by Crippen LogP contribution is -2.18. The zero-order valence-electron chi connectivity index (χ0n) is 15.1. The number of nitrogens with zero attached hydrogens (tertiary/aromatic N) is 2. The Morgan fingerprint density at radius 3 is 2.79 bits per heavy atom. The maximum absolute atomic E-state index is 13.4. The summed E-state index contributed by atoms with van der Waals surface area (Å²) in [5.74, 6) is -1.35. The molecule has 2 heterocycles. The summed E-state index contributed by atoms with van der Waals surface area (Å²) in [5, 5.41) is 7.48. The number of thiophene rings is 1. The number of carbonyl (C=O) groups is 2. The summed E-state index contributed by atoms with van der Waals surface area (Å²) in [7, 11) is 0. The number of amides is 2. The van der Waals surface area contributed by atoms with Crippen molar-refractivity contribution < 1.29 is 14.0 Å². The third-order valence-electron chi connectivity index (χ3n) is 4.79. The Labute approximate surface area is 165 Å². The molecule has 8 heteroatoms. The first-order valence-electron chi connectivity index (χ1n) is 9.10. The van der Waals surface area contributed by atoms with E-state index in [2.05, 4.69) is 10.4 Å². The minimum Gasteiger partial charge on any atom is -0.365 e. The van der Waals surface area contributed by atoms with Gasteiger partial charge < -0.3 is 11.1 Å². The van der Waals surface area contributed by atoms with Crippen LogP contribution in [0.2, 0.25) is 0 Å². The van der Waals surface area contributed by atoms with Gasteiger partial charge in [-0.15, -0.1) is 11.3 Å². The van der Waals surface area contributed by atoms with Crippen LogP contribution in [0.5, 0.6) is 0 Å². The predicted molar refractivity (Wildman–Crippen MR) is 106 cm³/mol. The van der Waals surface area contributed by atoms with Gasteiger partial charge in [0.2, 0.25) is 0 Å². The number of hydrogen-bond acceptors (Lipinski definition) is 4. The van der Waals surface area contributed by atoms with Gasteiger partial charge in [-0.3, -0.25) is 9.59 Å². The average Bonchev–Trinajstić information content (AvgIpc) is 3.21. The summed E-state index contributed by atoms with van der Waals surface area (Å²) in [4.78, 5) is 25.8. The molecule has 144 valence electrons. The van der Waals surface area contributed by atoms with Gasteiger partial charge in [0, 0.05) is 11.1 Å². The molecule has 6 nitrogen and oxygen atoms in total. The maximum Gasteiger partial charge on any atom is 0.276 e. The van der Waals surface area contributed by atoms with Gasteiger partial charge in [-0.25, -0.2) is 9.07 Å². The first kappa shape index (κ1) is 18.4. The van der Waals surface area contributed by atoms with Gasteiger partial charge in [0.05, 0.1) is 11.3 Å². The number of aryl methyl sites for hydroxylation is 1. The number of anilines is 1. The number of halogens is 1. The van der Waals surface area contributed by atoms with Gasteiger partial charge in [0.25, 0.3) is 11.8 Å². The van der Waals surface area contributed by atoms with E-state index in [0.717, 1.165) is 42.5 Å². The van der Waals surface area contributed by atoms with Crippen LogP contribution in [0.25, 0.3) is 5.69 Å². The standard InChI is InChI=1S/C20H19FN4O2S/c21-12-5-4-6-13(11-12)25-10-9-15(24-25)19(27)23-20-17(18(22)26)14-7-2-1-3-8-16(14)28-20/h4-6,9-11H,1-3,7-8H2,(H2,22,26)(H,23,27). The van der Waals surface area contributed by atoms with E-state index < -0.39 is 11.8 Å². The number of carbonyl (C=O) groups excluding carboxylic acids is 2. The van der Waals surface area contributed by atoms with Gasteiger partial charge in [-0.05, 0) is 55.5 Å². The van der Waals surface area contributed by atoms with Crippen LogP contribution in [-0.2, 0) is 12.8 Å². The predicted octanol–water partition coefficient (Wildman–Crippen LogP) is 3.69. The number of aromatic nitrogens is 2. The molecule has 2 aromatic heterocycles. The van der Waals surface area contributed by atoms with Crippen molar-refractivity contribution in [2.75, 3.05) is 5.32 Å². The number of nitrogens with two attached hydrogens (primary N) is 1. The second kappa shape index (κ2) is 7.55. The topological polar surface area (TPSA) is 90.0 Å². The van der Waals surface area contributed by atoms with E-state index >= 15 is 0 Å². The molecule has 0 spiro atoms. The molecule has 0 atom stereocenters.